The summed E-state index contributed by atoms with van der Waals surface area (Å²) in [5, 5.41) is 28.3. The van der Waals surface area contributed by atoms with Crippen LogP contribution in [0.5, 0.6) is 5.88 Å². The Labute approximate surface area is 290 Å². The van der Waals surface area contributed by atoms with Crippen LogP contribution in [0.3, 0.4) is 0 Å². The highest BCUT2D eigenvalue weighted by atomic mass is 32.1. The van der Waals surface area contributed by atoms with E-state index in [1.807, 2.05) is 26.0 Å². The fourth-order valence-electron chi connectivity index (χ4n) is 7.22. The van der Waals surface area contributed by atoms with Crippen LogP contribution in [0.15, 0.2) is 33.4 Å². The highest BCUT2D eigenvalue weighted by Crippen LogP contribution is 2.49. The zero-order valence-corrected chi connectivity index (χ0v) is 29.3. The predicted molar refractivity (Wildman–Crippen MR) is 185 cm³/mol. The van der Waals surface area contributed by atoms with Crippen LogP contribution in [-0.4, -0.2) is 75.1 Å². The van der Waals surface area contributed by atoms with Gasteiger partial charge in [0.1, 0.15) is 22.7 Å². The van der Waals surface area contributed by atoms with E-state index in [0.717, 1.165) is 80.8 Å². The Hall–Kier alpha value is -4.48. The van der Waals surface area contributed by atoms with Crippen molar-refractivity contribution in [3.63, 3.8) is 0 Å². The second-order valence-electron chi connectivity index (χ2n) is 13.6. The lowest BCUT2D eigenvalue weighted by Crippen LogP contribution is -2.40. The van der Waals surface area contributed by atoms with Crippen molar-refractivity contribution in [3.05, 3.63) is 51.9 Å². The molecule has 0 saturated carbocycles. The van der Waals surface area contributed by atoms with Crippen LogP contribution in [0.25, 0.3) is 11.5 Å². The first kappa shape index (κ1) is 34.4. The van der Waals surface area contributed by atoms with E-state index in [-0.39, 0.29) is 12.0 Å². The summed E-state index contributed by atoms with van der Waals surface area (Å²) in [6.07, 6.45) is 7.31. The van der Waals surface area contributed by atoms with Crippen LogP contribution in [0, 0.1) is 17.2 Å². The van der Waals surface area contributed by atoms with Gasteiger partial charge in [-0.15, -0.1) is 11.3 Å². The number of aromatic nitrogens is 4. The molecule has 1 aliphatic heterocycles. The molecule has 0 aromatic carbocycles. The highest BCUT2D eigenvalue weighted by Gasteiger charge is 2.41. The molecule has 3 N–H and O–H groups in total. The molecular formula is C35H44N8O5S. The summed E-state index contributed by atoms with van der Waals surface area (Å²) in [6.45, 7) is 12.1. The lowest BCUT2D eigenvalue weighted by atomic mass is 9.70. The molecule has 1 unspecified atom stereocenters. The van der Waals surface area contributed by atoms with Gasteiger partial charge in [0, 0.05) is 47.8 Å². The van der Waals surface area contributed by atoms with Crippen LogP contribution in [0.4, 0.5) is 10.9 Å². The summed E-state index contributed by atoms with van der Waals surface area (Å²) in [5.74, 6) is 0.0724. The summed E-state index contributed by atoms with van der Waals surface area (Å²) in [4.78, 5) is 27.0. The Balaban J connectivity index is 1.04. The number of nitrogen functional groups attached to an aromatic ring is 1. The number of nitriles is 1. The molecule has 2 aliphatic rings. The van der Waals surface area contributed by atoms with Crippen molar-refractivity contribution in [3.8, 4) is 23.4 Å². The number of thiophene rings is 1. The topological polar surface area (TPSA) is 181 Å². The molecule has 0 radical (unpaired) electrons. The zero-order valence-electron chi connectivity index (χ0n) is 28.5. The minimum absolute atomic E-state index is 0.117. The summed E-state index contributed by atoms with van der Waals surface area (Å²) in [5.41, 5.74) is 8.77. The summed E-state index contributed by atoms with van der Waals surface area (Å²) >= 11 is 1.51. The lowest BCUT2D eigenvalue weighted by molar-refractivity contribution is -0.140. The maximum absolute atomic E-state index is 11.6. The number of hydrogen-bond acceptors (Lipinski definition) is 13. The van der Waals surface area contributed by atoms with E-state index >= 15 is 0 Å². The third-order valence-electron chi connectivity index (χ3n) is 9.77. The SMILES string of the molecule is CC(C)C(C(=O)O)c1cc(OCCCCN2CCCN(c3nccc(-c4cc([C@@]5(C)CCCc6sc(N)c(C#N)c65)no4)n3)[C@@H](C)C2)no1. The molecule has 6 rings (SSSR count). The molecule has 13 nitrogen and oxygen atoms in total. The number of nitrogens with two attached hydrogens (primary N) is 1. The largest absolute Gasteiger partial charge is 0.481 e. The fourth-order valence-corrected chi connectivity index (χ4v) is 8.41. The molecule has 260 valence electrons. The Kier molecular flexibility index (Phi) is 10.2. The number of hydrogen-bond donors (Lipinski definition) is 2. The number of aliphatic carboxylic acids is 1. The van der Waals surface area contributed by atoms with E-state index in [0.29, 0.717) is 46.2 Å². The van der Waals surface area contributed by atoms with Crippen LogP contribution in [0.1, 0.15) is 93.2 Å². The van der Waals surface area contributed by atoms with Crippen molar-refractivity contribution in [1.82, 2.24) is 25.2 Å². The van der Waals surface area contributed by atoms with Crippen LogP contribution < -0.4 is 15.4 Å². The quantitative estimate of drug-likeness (QED) is 0.169. The molecule has 0 spiro atoms. The molecule has 1 saturated heterocycles. The average molecular weight is 689 g/mol. The van der Waals surface area contributed by atoms with Gasteiger partial charge >= 0.3 is 5.97 Å². The van der Waals surface area contributed by atoms with E-state index in [4.69, 9.17) is 24.5 Å². The first-order valence-corrected chi connectivity index (χ1v) is 17.8. The number of ether oxygens (including phenoxy) is 1. The van der Waals surface area contributed by atoms with Gasteiger partial charge in [-0.2, -0.15) is 5.26 Å². The number of rotatable bonds is 12. The summed E-state index contributed by atoms with van der Waals surface area (Å²) in [6, 6.07) is 7.91. The van der Waals surface area contributed by atoms with Crippen molar-refractivity contribution in [2.75, 3.05) is 43.4 Å². The van der Waals surface area contributed by atoms with E-state index in [1.165, 1.54) is 11.3 Å². The Morgan fingerprint density at radius 3 is 2.86 bits per heavy atom. The third kappa shape index (κ3) is 7.14. The standard InChI is InChI=1S/C35H44N8O5S/c1-21(2)30(33(44)45)26-18-29(41-48-26)46-16-6-5-13-42-14-8-15-43(22(3)20-42)34-38-12-10-24(39-34)25-17-28(40-47-25)35(4)11-7-9-27-31(35)23(19-36)32(37)49-27/h10,12,17-18,21-22,30H,5-9,11,13-16,20,37H2,1-4H3,(H,44,45)/t22-,30?,35+/m0/s1. The van der Waals surface area contributed by atoms with Crippen LogP contribution >= 0.6 is 11.3 Å². The number of fused-ring (bicyclic) bond motifs is 1. The Morgan fingerprint density at radius 2 is 2.08 bits per heavy atom. The van der Waals surface area contributed by atoms with Gasteiger partial charge in [-0.1, -0.05) is 19.0 Å². The van der Waals surface area contributed by atoms with E-state index in [9.17, 15) is 15.2 Å². The monoisotopic (exact) mass is 688 g/mol. The van der Waals surface area contributed by atoms with Gasteiger partial charge in [-0.05, 0) is 88.2 Å². The molecule has 5 heterocycles. The highest BCUT2D eigenvalue weighted by molar-refractivity contribution is 7.16. The van der Waals surface area contributed by atoms with E-state index < -0.39 is 17.3 Å². The molecule has 1 aliphatic carbocycles. The molecule has 1 fully saturated rings. The molecule has 49 heavy (non-hydrogen) atoms. The number of anilines is 2. The molecule has 4 aromatic rings. The van der Waals surface area contributed by atoms with Gasteiger partial charge in [0.25, 0.3) is 5.88 Å². The normalized spacial score (nSPS) is 20.5. The number of carbonyl (C=O) groups is 1. The van der Waals surface area contributed by atoms with Crippen LogP contribution in [0.2, 0.25) is 0 Å². The zero-order chi connectivity index (χ0) is 34.7. The van der Waals surface area contributed by atoms with Crippen molar-refractivity contribution in [1.29, 1.82) is 5.26 Å². The Morgan fingerprint density at radius 1 is 1.24 bits per heavy atom. The second-order valence-corrected chi connectivity index (χ2v) is 14.8. The maximum atomic E-state index is 11.6. The lowest BCUT2D eigenvalue weighted by Gasteiger charge is -2.32. The van der Waals surface area contributed by atoms with Crippen molar-refractivity contribution in [2.45, 2.75) is 83.6 Å². The van der Waals surface area contributed by atoms with E-state index in [1.54, 1.807) is 12.3 Å². The van der Waals surface area contributed by atoms with Crippen molar-refractivity contribution >= 4 is 28.3 Å². The average Bonchev–Trinajstić information content (AvgIpc) is 3.79. The number of nitrogens with zero attached hydrogens (tertiary/aromatic N) is 7. The molecule has 0 bridgehead atoms. The van der Waals surface area contributed by atoms with Gasteiger partial charge in [-0.3, -0.25) is 4.79 Å². The van der Waals surface area contributed by atoms with Gasteiger partial charge in [0.15, 0.2) is 11.5 Å². The molecular weight excluding hydrogens is 645 g/mol. The summed E-state index contributed by atoms with van der Waals surface area (Å²) in [7, 11) is 0. The Bertz CT molecular complexity index is 1810. The molecule has 14 heteroatoms. The predicted octanol–water partition coefficient (Wildman–Crippen LogP) is 5.86. The summed E-state index contributed by atoms with van der Waals surface area (Å²) < 4.78 is 16.9. The molecule has 3 atom stereocenters. The van der Waals surface area contributed by atoms with Gasteiger partial charge < -0.3 is 34.4 Å². The first-order valence-electron chi connectivity index (χ1n) is 17.0. The second kappa shape index (κ2) is 14.6. The molecule has 0 amide bonds. The fraction of sp³-hybridized carbons (Fsp3) is 0.543. The number of carboxylic acid groups (broad SMARTS) is 1. The number of carboxylic acids is 1. The van der Waals surface area contributed by atoms with E-state index in [2.05, 4.69) is 45.0 Å². The first-order chi connectivity index (χ1) is 23.6. The number of aryl methyl sites for hydroxylation is 1. The minimum atomic E-state index is -0.934. The third-order valence-corrected chi connectivity index (χ3v) is 10.9. The number of unbranched alkanes of at least 4 members (excludes halogenated alkanes) is 1. The molecule has 4 aromatic heterocycles. The van der Waals surface area contributed by atoms with Crippen molar-refractivity contribution < 1.29 is 23.7 Å². The van der Waals surface area contributed by atoms with Gasteiger partial charge in [0.2, 0.25) is 5.95 Å². The minimum Gasteiger partial charge on any atom is -0.481 e. The smallest absolute Gasteiger partial charge is 0.314 e. The van der Waals surface area contributed by atoms with Gasteiger partial charge in [-0.25, -0.2) is 9.97 Å². The maximum Gasteiger partial charge on any atom is 0.314 e. The van der Waals surface area contributed by atoms with Crippen molar-refractivity contribution in [2.24, 2.45) is 5.92 Å². The van der Waals surface area contributed by atoms with Crippen LogP contribution in [-0.2, 0) is 16.6 Å². The van der Waals surface area contributed by atoms with Gasteiger partial charge in [0.05, 0.1) is 17.9 Å².